The van der Waals surface area contributed by atoms with Gasteiger partial charge in [0.1, 0.15) is 30.6 Å². The molecular weight excluding hydrogens is 407 g/mol. The Morgan fingerprint density at radius 3 is 2.90 bits per heavy atom. The first-order chi connectivity index (χ1) is 14.9. The van der Waals surface area contributed by atoms with Gasteiger partial charge in [0.15, 0.2) is 5.82 Å². The fourth-order valence-corrected chi connectivity index (χ4v) is 3.19. The predicted octanol–water partition coefficient (Wildman–Crippen LogP) is 2.12. The van der Waals surface area contributed by atoms with Crippen molar-refractivity contribution in [3.63, 3.8) is 0 Å². The van der Waals surface area contributed by atoms with Crippen molar-refractivity contribution in [1.82, 2.24) is 24.2 Å². The van der Waals surface area contributed by atoms with E-state index in [1.807, 2.05) is 18.5 Å². The summed E-state index contributed by atoms with van der Waals surface area (Å²) in [4.78, 5) is 33.1. The van der Waals surface area contributed by atoms with Crippen molar-refractivity contribution < 1.29 is 18.3 Å². The summed E-state index contributed by atoms with van der Waals surface area (Å²) >= 11 is 0. The lowest BCUT2D eigenvalue weighted by atomic mass is 9.89. The van der Waals surface area contributed by atoms with E-state index in [-0.39, 0.29) is 30.4 Å². The van der Waals surface area contributed by atoms with Gasteiger partial charge in [0.05, 0.1) is 18.1 Å². The van der Waals surface area contributed by atoms with Gasteiger partial charge < -0.3 is 13.7 Å². The Kier molecular flexibility index (Phi) is 5.65. The fourth-order valence-electron chi connectivity index (χ4n) is 3.19. The topological polar surface area (TPSA) is 108 Å². The van der Waals surface area contributed by atoms with E-state index in [1.54, 1.807) is 18.5 Å². The van der Waals surface area contributed by atoms with Gasteiger partial charge in [-0.1, -0.05) is 6.07 Å². The van der Waals surface area contributed by atoms with E-state index >= 15 is 0 Å². The smallest absolute Gasteiger partial charge is 0.437 e. The largest absolute Gasteiger partial charge is 0.490 e. The van der Waals surface area contributed by atoms with Crippen molar-refractivity contribution in [3.05, 3.63) is 58.5 Å². The number of halogens is 1. The van der Waals surface area contributed by atoms with E-state index in [0.717, 1.165) is 5.69 Å². The number of rotatable bonds is 8. The summed E-state index contributed by atoms with van der Waals surface area (Å²) in [5, 5.41) is 4.19. The van der Waals surface area contributed by atoms with E-state index in [9.17, 15) is 14.0 Å². The minimum atomic E-state index is -0.604. The fraction of sp³-hybridized carbons (Fsp3) is 0.350. The molecule has 0 N–H and O–H groups in total. The molecule has 1 amide bonds. The molecule has 2 heterocycles. The third-order valence-corrected chi connectivity index (χ3v) is 5.11. The van der Waals surface area contributed by atoms with Crippen LogP contribution < -0.4 is 10.5 Å². The quantitative estimate of drug-likeness (QED) is 0.309. The van der Waals surface area contributed by atoms with Crippen LogP contribution in [0.3, 0.4) is 0 Å². The molecule has 1 aliphatic rings. The third-order valence-electron chi connectivity index (χ3n) is 5.11. The van der Waals surface area contributed by atoms with Gasteiger partial charge in [0.25, 0.3) is 0 Å². The van der Waals surface area contributed by atoms with Crippen LogP contribution in [0.15, 0.2) is 44.8 Å². The van der Waals surface area contributed by atoms with E-state index in [1.165, 1.54) is 28.1 Å². The maximum Gasteiger partial charge on any atom is 0.437 e. The van der Waals surface area contributed by atoms with E-state index < -0.39 is 5.76 Å². The summed E-state index contributed by atoms with van der Waals surface area (Å²) < 4.78 is 27.2. The van der Waals surface area contributed by atoms with Crippen molar-refractivity contribution in [2.24, 2.45) is 12.0 Å². The molecule has 10 nitrogen and oxygen atoms in total. The van der Waals surface area contributed by atoms with Crippen LogP contribution in [0, 0.1) is 12.7 Å². The van der Waals surface area contributed by atoms with Gasteiger partial charge in [-0.15, -0.1) is 5.10 Å². The summed E-state index contributed by atoms with van der Waals surface area (Å²) in [6.07, 6.45) is 4.44. The molecule has 0 radical (unpaired) electrons. The Balaban J connectivity index is 1.36. The molecule has 1 fully saturated rings. The number of ether oxygens (including phenoxy) is 1. The molecule has 2 aromatic heterocycles. The highest BCUT2D eigenvalue weighted by Gasteiger charge is 2.35. The van der Waals surface area contributed by atoms with Crippen LogP contribution in [0.2, 0.25) is 0 Å². The number of benzene rings is 1. The Morgan fingerprint density at radius 1 is 1.42 bits per heavy atom. The van der Waals surface area contributed by atoms with Crippen molar-refractivity contribution in [1.29, 1.82) is 0 Å². The van der Waals surface area contributed by atoms with Crippen molar-refractivity contribution in [3.8, 4) is 5.75 Å². The number of imidazole rings is 1. The maximum absolute atomic E-state index is 13.3. The normalized spacial score (nSPS) is 18.2. The van der Waals surface area contributed by atoms with Crippen LogP contribution in [0.4, 0.5) is 10.2 Å². The second-order valence-electron chi connectivity index (χ2n) is 7.32. The average molecular weight is 428 g/mol. The monoisotopic (exact) mass is 428 g/mol. The molecule has 0 bridgehead atoms. The molecule has 0 spiro atoms. The molecule has 0 atom stereocenters. The van der Waals surface area contributed by atoms with Crippen LogP contribution >= 0.6 is 0 Å². The molecule has 11 heteroatoms. The average Bonchev–Trinajstić information content (AvgIpc) is 3.23. The highest BCUT2D eigenvalue weighted by Crippen LogP contribution is 2.34. The van der Waals surface area contributed by atoms with Gasteiger partial charge in [0, 0.05) is 26.0 Å². The number of carbonyl (C=O) groups is 1. The predicted molar refractivity (Wildman–Crippen MR) is 108 cm³/mol. The van der Waals surface area contributed by atoms with Gasteiger partial charge >= 0.3 is 5.76 Å². The summed E-state index contributed by atoms with van der Waals surface area (Å²) in [7, 11) is 1.84. The van der Waals surface area contributed by atoms with Crippen LogP contribution in [0.25, 0.3) is 0 Å². The standard InChI is InChI=1S/C20H21FN6O4/c1-13-19(22-10-25(13)2)23-11-26(12-28)9-18-24-27(20(29)31-18)15-7-17(8-15)30-16-5-3-4-14(21)6-16/h3-6,10-12,15,17H,7-9H2,1-2H3. The maximum atomic E-state index is 13.3. The Hall–Kier alpha value is -3.76. The zero-order valence-corrected chi connectivity index (χ0v) is 17.0. The van der Waals surface area contributed by atoms with E-state index in [4.69, 9.17) is 9.15 Å². The molecule has 1 saturated carbocycles. The highest BCUT2D eigenvalue weighted by molar-refractivity contribution is 5.74. The Bertz CT molecular complexity index is 1160. The second-order valence-corrected chi connectivity index (χ2v) is 7.32. The molecule has 1 aromatic carbocycles. The first kappa shape index (κ1) is 20.5. The van der Waals surface area contributed by atoms with Crippen molar-refractivity contribution in [2.45, 2.75) is 38.5 Å². The first-order valence-electron chi connectivity index (χ1n) is 9.67. The van der Waals surface area contributed by atoms with Crippen LogP contribution in [0.1, 0.15) is 30.5 Å². The number of hydrogen-bond acceptors (Lipinski definition) is 7. The summed E-state index contributed by atoms with van der Waals surface area (Å²) in [5.74, 6) is 0.0522. The van der Waals surface area contributed by atoms with Crippen LogP contribution in [-0.2, 0) is 18.4 Å². The number of aromatic nitrogens is 4. The number of aliphatic imine (C=N–C) groups is 1. The number of nitrogens with zero attached hydrogens (tertiary/aromatic N) is 6. The molecule has 162 valence electrons. The molecular formula is C20H21FN6O4. The third kappa shape index (κ3) is 4.55. The summed E-state index contributed by atoms with van der Waals surface area (Å²) in [6, 6.07) is 5.73. The lowest BCUT2D eigenvalue weighted by molar-refractivity contribution is -0.115. The van der Waals surface area contributed by atoms with Crippen molar-refractivity contribution >= 4 is 18.6 Å². The minimum absolute atomic E-state index is 0.0446. The lowest BCUT2D eigenvalue weighted by Crippen LogP contribution is -2.39. The van der Waals surface area contributed by atoms with Gasteiger partial charge in [-0.25, -0.2) is 19.2 Å². The van der Waals surface area contributed by atoms with E-state index in [0.29, 0.717) is 30.8 Å². The molecule has 0 aliphatic heterocycles. The van der Waals surface area contributed by atoms with Gasteiger partial charge in [-0.2, -0.15) is 4.68 Å². The lowest BCUT2D eigenvalue weighted by Gasteiger charge is -2.34. The molecule has 31 heavy (non-hydrogen) atoms. The van der Waals surface area contributed by atoms with E-state index in [2.05, 4.69) is 15.1 Å². The minimum Gasteiger partial charge on any atom is -0.490 e. The van der Waals surface area contributed by atoms with Gasteiger partial charge in [-0.05, 0) is 19.1 Å². The molecule has 0 unspecified atom stereocenters. The first-order valence-corrected chi connectivity index (χ1v) is 9.67. The summed E-state index contributed by atoms with van der Waals surface area (Å²) in [6.45, 7) is 1.81. The van der Waals surface area contributed by atoms with Gasteiger partial charge in [0.2, 0.25) is 12.3 Å². The zero-order chi connectivity index (χ0) is 22.0. The molecule has 4 rings (SSSR count). The van der Waals surface area contributed by atoms with Gasteiger partial charge in [-0.3, -0.25) is 9.69 Å². The number of aryl methyl sites for hydroxylation is 1. The second kappa shape index (κ2) is 8.54. The Labute approximate surface area is 176 Å². The summed E-state index contributed by atoms with van der Waals surface area (Å²) in [5.41, 5.74) is 0.845. The van der Waals surface area contributed by atoms with Crippen LogP contribution in [0.5, 0.6) is 5.75 Å². The SMILES string of the molecule is Cc1c(N=CN(C=O)Cc2nn(C3CC(Oc4cccc(F)c4)C3)c(=O)o2)ncn1C. The zero-order valence-electron chi connectivity index (χ0n) is 17.0. The molecule has 1 aliphatic carbocycles. The van der Waals surface area contributed by atoms with Crippen LogP contribution in [-0.4, -0.2) is 43.1 Å². The number of hydrogen-bond donors (Lipinski definition) is 0. The van der Waals surface area contributed by atoms with Crippen molar-refractivity contribution in [2.75, 3.05) is 0 Å². The molecule has 0 saturated heterocycles. The highest BCUT2D eigenvalue weighted by atomic mass is 19.1. The Morgan fingerprint density at radius 2 is 2.23 bits per heavy atom. The molecule has 3 aromatic rings. The number of carbonyl (C=O) groups excluding carboxylic acids is 1. The number of amides is 1.